The maximum Gasteiger partial charge on any atom is 0.336 e. The van der Waals surface area contributed by atoms with Crippen LogP contribution in [0.3, 0.4) is 0 Å². The van der Waals surface area contributed by atoms with Crippen molar-refractivity contribution in [3.05, 3.63) is 24.3 Å². The Morgan fingerprint density at radius 3 is 2.43 bits per heavy atom. The summed E-state index contributed by atoms with van der Waals surface area (Å²) in [6, 6.07) is 5.76. The van der Waals surface area contributed by atoms with Crippen molar-refractivity contribution >= 4 is 5.97 Å². The first kappa shape index (κ1) is 10.3. The fourth-order valence-electron chi connectivity index (χ4n) is 0.789. The van der Waals surface area contributed by atoms with Gasteiger partial charge in [-0.25, -0.2) is 4.79 Å². The largest absolute Gasteiger partial charge is 0.508 e. The number of aliphatic carboxylic acids is 1. The van der Waals surface area contributed by atoms with Crippen LogP contribution in [0.1, 0.15) is 0 Å². The number of carboxylic acid groups (broad SMARTS) is 1. The minimum absolute atomic E-state index is 0.0936. The van der Waals surface area contributed by atoms with E-state index in [1.54, 1.807) is 0 Å². The summed E-state index contributed by atoms with van der Waals surface area (Å²) in [5.41, 5.74) is 0. The van der Waals surface area contributed by atoms with Crippen molar-refractivity contribution in [3.8, 4) is 11.5 Å². The van der Waals surface area contributed by atoms with Crippen molar-refractivity contribution in [1.82, 2.24) is 0 Å². The summed E-state index contributed by atoms with van der Waals surface area (Å²) in [4.78, 5) is 10.2. The van der Waals surface area contributed by atoms with Crippen LogP contribution in [0, 0.1) is 0 Å². The number of aromatic hydroxyl groups is 1. The van der Waals surface area contributed by atoms with Crippen LogP contribution in [0.15, 0.2) is 24.3 Å². The lowest BCUT2D eigenvalue weighted by Gasteiger charge is -2.08. The molecule has 0 heterocycles. The molecule has 0 aliphatic heterocycles. The van der Waals surface area contributed by atoms with E-state index in [0.29, 0.717) is 5.75 Å². The highest BCUT2D eigenvalue weighted by Crippen LogP contribution is 2.15. The Morgan fingerprint density at radius 1 is 1.36 bits per heavy atom. The molecule has 0 radical (unpaired) electrons. The SMILES string of the molecule is O=C(O)C(O)COc1ccc(O)cc1. The number of carboxylic acids is 1. The number of aliphatic hydroxyl groups excluding tert-OH is 1. The molecule has 14 heavy (non-hydrogen) atoms. The smallest absolute Gasteiger partial charge is 0.336 e. The lowest BCUT2D eigenvalue weighted by atomic mass is 10.3. The summed E-state index contributed by atoms with van der Waals surface area (Å²) in [7, 11) is 0. The van der Waals surface area contributed by atoms with Gasteiger partial charge in [0.2, 0.25) is 0 Å². The molecule has 0 saturated heterocycles. The highest BCUT2D eigenvalue weighted by Gasteiger charge is 2.13. The Bertz CT molecular complexity index is 305. The molecule has 0 aliphatic rings. The molecule has 1 unspecified atom stereocenters. The maximum atomic E-state index is 10.2. The summed E-state index contributed by atoms with van der Waals surface area (Å²) >= 11 is 0. The van der Waals surface area contributed by atoms with Gasteiger partial charge in [-0.15, -0.1) is 0 Å². The monoisotopic (exact) mass is 198 g/mol. The van der Waals surface area contributed by atoms with Crippen molar-refractivity contribution in [2.75, 3.05) is 6.61 Å². The molecule has 0 aliphatic carbocycles. The lowest BCUT2D eigenvalue weighted by molar-refractivity contribution is -0.148. The van der Waals surface area contributed by atoms with Gasteiger partial charge >= 0.3 is 5.97 Å². The van der Waals surface area contributed by atoms with Gasteiger partial charge in [-0.2, -0.15) is 0 Å². The summed E-state index contributed by atoms with van der Waals surface area (Å²) < 4.78 is 4.94. The van der Waals surface area contributed by atoms with Crippen LogP contribution in [-0.4, -0.2) is 34.0 Å². The van der Waals surface area contributed by atoms with Gasteiger partial charge in [0.15, 0.2) is 6.10 Å². The van der Waals surface area contributed by atoms with E-state index in [1.807, 2.05) is 0 Å². The molecule has 5 nitrogen and oxygen atoms in total. The molecule has 1 rings (SSSR count). The molecule has 0 bridgehead atoms. The fraction of sp³-hybridized carbons (Fsp3) is 0.222. The third kappa shape index (κ3) is 2.95. The van der Waals surface area contributed by atoms with Crippen LogP contribution in [0.5, 0.6) is 11.5 Å². The van der Waals surface area contributed by atoms with E-state index < -0.39 is 12.1 Å². The Labute approximate surface area is 80.2 Å². The number of rotatable bonds is 4. The Kier molecular flexibility index (Phi) is 3.30. The second kappa shape index (κ2) is 4.48. The van der Waals surface area contributed by atoms with Crippen LogP contribution >= 0.6 is 0 Å². The summed E-state index contributed by atoms with van der Waals surface area (Å²) in [6.07, 6.45) is -1.54. The Balaban J connectivity index is 2.46. The third-order valence-corrected chi connectivity index (χ3v) is 1.53. The van der Waals surface area contributed by atoms with E-state index in [-0.39, 0.29) is 12.4 Å². The van der Waals surface area contributed by atoms with Gasteiger partial charge in [-0.3, -0.25) is 0 Å². The number of phenolic OH excluding ortho intramolecular Hbond substituents is 1. The average molecular weight is 198 g/mol. The maximum absolute atomic E-state index is 10.2. The third-order valence-electron chi connectivity index (χ3n) is 1.53. The fourth-order valence-corrected chi connectivity index (χ4v) is 0.789. The van der Waals surface area contributed by atoms with E-state index in [0.717, 1.165) is 0 Å². The molecule has 0 amide bonds. The Morgan fingerprint density at radius 2 is 1.93 bits per heavy atom. The molecule has 0 spiro atoms. The van der Waals surface area contributed by atoms with Crippen molar-refractivity contribution in [3.63, 3.8) is 0 Å². The van der Waals surface area contributed by atoms with Crippen LogP contribution < -0.4 is 4.74 Å². The van der Waals surface area contributed by atoms with Crippen molar-refractivity contribution in [2.45, 2.75) is 6.10 Å². The zero-order chi connectivity index (χ0) is 10.6. The predicted molar refractivity (Wildman–Crippen MR) is 47.2 cm³/mol. The molecule has 5 heteroatoms. The summed E-state index contributed by atoms with van der Waals surface area (Å²) in [5.74, 6) is -0.844. The molecule has 0 fully saturated rings. The molecule has 1 atom stereocenters. The molecule has 76 valence electrons. The van der Waals surface area contributed by atoms with Crippen molar-refractivity contribution in [2.24, 2.45) is 0 Å². The van der Waals surface area contributed by atoms with Gasteiger partial charge in [0, 0.05) is 0 Å². The number of phenols is 1. The first-order chi connectivity index (χ1) is 6.59. The Hall–Kier alpha value is -1.75. The quantitative estimate of drug-likeness (QED) is 0.644. The number of carbonyl (C=O) groups is 1. The van der Waals surface area contributed by atoms with E-state index in [1.165, 1.54) is 24.3 Å². The average Bonchev–Trinajstić information content (AvgIpc) is 2.16. The second-order valence-corrected chi connectivity index (χ2v) is 2.66. The second-order valence-electron chi connectivity index (χ2n) is 2.66. The van der Waals surface area contributed by atoms with Gasteiger partial charge in [0.05, 0.1) is 0 Å². The van der Waals surface area contributed by atoms with Crippen LogP contribution in [0.2, 0.25) is 0 Å². The van der Waals surface area contributed by atoms with Crippen LogP contribution in [-0.2, 0) is 4.79 Å². The zero-order valence-electron chi connectivity index (χ0n) is 7.25. The van der Waals surface area contributed by atoms with Crippen molar-refractivity contribution < 1.29 is 24.9 Å². The number of hydrogen-bond donors (Lipinski definition) is 3. The van der Waals surface area contributed by atoms with Gasteiger partial charge < -0.3 is 20.1 Å². The molecule has 0 saturated carbocycles. The molecular weight excluding hydrogens is 188 g/mol. The van der Waals surface area contributed by atoms with Gasteiger partial charge in [0.25, 0.3) is 0 Å². The summed E-state index contributed by atoms with van der Waals surface area (Å²) in [5, 5.41) is 26.1. The number of benzene rings is 1. The standard InChI is InChI=1S/C9H10O5/c10-6-1-3-7(4-2-6)14-5-8(11)9(12)13/h1-4,8,10-11H,5H2,(H,12,13). The normalized spacial score (nSPS) is 12.1. The van der Waals surface area contributed by atoms with Crippen LogP contribution in [0.4, 0.5) is 0 Å². The first-order valence-electron chi connectivity index (χ1n) is 3.92. The minimum atomic E-state index is -1.54. The first-order valence-corrected chi connectivity index (χ1v) is 3.92. The lowest BCUT2D eigenvalue weighted by Crippen LogP contribution is -2.26. The van der Waals surface area contributed by atoms with E-state index in [4.69, 9.17) is 20.1 Å². The van der Waals surface area contributed by atoms with Gasteiger partial charge in [-0.05, 0) is 24.3 Å². The van der Waals surface area contributed by atoms with E-state index in [2.05, 4.69) is 0 Å². The van der Waals surface area contributed by atoms with Gasteiger partial charge in [0.1, 0.15) is 18.1 Å². The van der Waals surface area contributed by atoms with Gasteiger partial charge in [-0.1, -0.05) is 0 Å². The van der Waals surface area contributed by atoms with Crippen LogP contribution in [0.25, 0.3) is 0 Å². The number of aliphatic hydroxyl groups is 1. The molecular formula is C9H10O5. The summed E-state index contributed by atoms with van der Waals surface area (Å²) in [6.45, 7) is -0.319. The zero-order valence-corrected chi connectivity index (χ0v) is 7.25. The van der Waals surface area contributed by atoms with E-state index in [9.17, 15) is 4.79 Å². The number of ether oxygens (including phenoxy) is 1. The molecule has 1 aromatic rings. The highest BCUT2D eigenvalue weighted by molar-refractivity contribution is 5.72. The molecule has 3 N–H and O–H groups in total. The topological polar surface area (TPSA) is 87.0 Å². The number of hydrogen-bond acceptors (Lipinski definition) is 4. The van der Waals surface area contributed by atoms with E-state index >= 15 is 0 Å². The molecule has 1 aromatic carbocycles. The van der Waals surface area contributed by atoms with Crippen molar-refractivity contribution in [1.29, 1.82) is 0 Å². The molecule has 0 aromatic heterocycles. The highest BCUT2D eigenvalue weighted by atomic mass is 16.5. The minimum Gasteiger partial charge on any atom is -0.508 e. The predicted octanol–water partition coefficient (Wildman–Crippen LogP) is 0.217.